The molecule has 1 aromatic carbocycles. The van der Waals surface area contributed by atoms with Gasteiger partial charge >= 0.3 is 0 Å². The first-order chi connectivity index (χ1) is 6.33. The zero-order chi connectivity index (χ0) is 9.26. The van der Waals surface area contributed by atoms with Gasteiger partial charge in [0.15, 0.2) is 0 Å². The van der Waals surface area contributed by atoms with E-state index in [1.54, 1.807) is 0 Å². The molecule has 0 unspecified atom stereocenters. The summed E-state index contributed by atoms with van der Waals surface area (Å²) in [7, 11) is 0. The van der Waals surface area contributed by atoms with Crippen LogP contribution in [0.25, 0.3) is 10.8 Å². The van der Waals surface area contributed by atoms with E-state index < -0.39 is 0 Å². The molecule has 1 nitrogen and oxygen atoms in total. The molecule has 1 heterocycles. The van der Waals surface area contributed by atoms with E-state index in [-0.39, 0.29) is 0 Å². The van der Waals surface area contributed by atoms with Crippen LogP contribution in [0.3, 0.4) is 0 Å². The summed E-state index contributed by atoms with van der Waals surface area (Å²) in [5.41, 5.74) is 2.71. The summed E-state index contributed by atoms with van der Waals surface area (Å²) >= 11 is 0. The van der Waals surface area contributed by atoms with E-state index in [1.807, 2.05) is 12.4 Å². The summed E-state index contributed by atoms with van der Waals surface area (Å²) in [6.07, 6.45) is 4.89. The second-order valence-electron chi connectivity index (χ2n) is 3.32. The lowest BCUT2D eigenvalue weighted by molar-refractivity contribution is 1.15. The predicted molar refractivity (Wildman–Crippen MR) is 55.9 cm³/mol. The number of benzene rings is 1. The van der Waals surface area contributed by atoms with Crippen molar-refractivity contribution < 1.29 is 0 Å². The molecule has 0 spiro atoms. The van der Waals surface area contributed by atoms with E-state index in [0.717, 1.165) is 6.42 Å². The van der Waals surface area contributed by atoms with Gasteiger partial charge < -0.3 is 0 Å². The summed E-state index contributed by atoms with van der Waals surface area (Å²) in [4.78, 5) is 4.15. The minimum Gasteiger partial charge on any atom is -0.264 e. The number of pyridine rings is 1. The van der Waals surface area contributed by atoms with E-state index in [0.29, 0.717) is 0 Å². The van der Waals surface area contributed by atoms with Crippen LogP contribution in [0.2, 0.25) is 0 Å². The Kier molecular flexibility index (Phi) is 2.01. The van der Waals surface area contributed by atoms with Gasteiger partial charge in [-0.05, 0) is 35.9 Å². The Morgan fingerprint density at radius 2 is 2.00 bits per heavy atom. The fraction of sp³-hybridized carbons (Fsp3) is 0.250. The first-order valence-corrected chi connectivity index (χ1v) is 4.65. The molecule has 2 rings (SSSR count). The molecular weight excluding hydrogens is 158 g/mol. The minimum atomic E-state index is 1.08. The summed E-state index contributed by atoms with van der Waals surface area (Å²) in [6.45, 7) is 4.31. The van der Waals surface area contributed by atoms with Crippen molar-refractivity contribution in [2.75, 3.05) is 0 Å². The molecule has 0 amide bonds. The highest BCUT2D eigenvalue weighted by Gasteiger charge is 2.00. The molecule has 0 radical (unpaired) electrons. The number of hydrogen-bond donors (Lipinski definition) is 0. The number of aryl methyl sites for hydroxylation is 2. The number of fused-ring (bicyclic) bond motifs is 1. The normalized spacial score (nSPS) is 10.6. The molecule has 1 heteroatoms. The SMILES string of the molecule is CCc1ccc(C)c2cnccc12. The van der Waals surface area contributed by atoms with Gasteiger partial charge in [-0.3, -0.25) is 4.98 Å². The fourth-order valence-corrected chi connectivity index (χ4v) is 1.70. The third kappa shape index (κ3) is 1.31. The van der Waals surface area contributed by atoms with Gasteiger partial charge in [0, 0.05) is 17.8 Å². The van der Waals surface area contributed by atoms with Crippen LogP contribution in [-0.2, 0) is 6.42 Å². The Bertz CT molecular complexity index is 432. The zero-order valence-corrected chi connectivity index (χ0v) is 8.04. The van der Waals surface area contributed by atoms with Gasteiger partial charge in [0.05, 0.1) is 0 Å². The molecule has 0 saturated carbocycles. The summed E-state index contributed by atoms with van der Waals surface area (Å²) in [5, 5.41) is 2.62. The summed E-state index contributed by atoms with van der Waals surface area (Å²) in [6, 6.07) is 6.47. The molecule has 13 heavy (non-hydrogen) atoms. The third-order valence-electron chi connectivity index (χ3n) is 2.51. The van der Waals surface area contributed by atoms with Gasteiger partial charge in [-0.2, -0.15) is 0 Å². The van der Waals surface area contributed by atoms with Crippen molar-refractivity contribution in [1.82, 2.24) is 4.98 Å². The van der Waals surface area contributed by atoms with E-state index in [2.05, 4.69) is 37.0 Å². The first kappa shape index (κ1) is 8.24. The van der Waals surface area contributed by atoms with Crippen molar-refractivity contribution in [3.8, 4) is 0 Å². The van der Waals surface area contributed by atoms with Crippen molar-refractivity contribution in [3.05, 3.63) is 41.7 Å². The van der Waals surface area contributed by atoms with E-state index >= 15 is 0 Å². The van der Waals surface area contributed by atoms with Crippen molar-refractivity contribution in [1.29, 1.82) is 0 Å². The number of rotatable bonds is 1. The Balaban J connectivity index is 2.84. The molecule has 66 valence electrons. The molecule has 0 bridgehead atoms. The maximum Gasteiger partial charge on any atom is 0.0349 e. The second-order valence-corrected chi connectivity index (χ2v) is 3.32. The molecule has 0 aliphatic rings. The Morgan fingerprint density at radius 1 is 1.15 bits per heavy atom. The molecule has 0 aliphatic carbocycles. The second kappa shape index (κ2) is 3.17. The quantitative estimate of drug-likeness (QED) is 0.642. The Labute approximate surface area is 78.4 Å². The van der Waals surface area contributed by atoms with Crippen LogP contribution in [0.15, 0.2) is 30.6 Å². The average Bonchev–Trinajstić information content (AvgIpc) is 2.19. The molecule has 0 N–H and O–H groups in total. The van der Waals surface area contributed by atoms with Crippen LogP contribution < -0.4 is 0 Å². The largest absolute Gasteiger partial charge is 0.264 e. The highest BCUT2D eigenvalue weighted by molar-refractivity contribution is 5.87. The number of nitrogens with zero attached hydrogens (tertiary/aromatic N) is 1. The molecule has 2 aromatic rings. The molecule has 1 aromatic heterocycles. The van der Waals surface area contributed by atoms with Crippen LogP contribution in [0.5, 0.6) is 0 Å². The maximum atomic E-state index is 4.15. The Hall–Kier alpha value is -1.37. The van der Waals surface area contributed by atoms with E-state index in [4.69, 9.17) is 0 Å². The topological polar surface area (TPSA) is 12.9 Å². The van der Waals surface area contributed by atoms with Crippen LogP contribution in [0.1, 0.15) is 18.1 Å². The van der Waals surface area contributed by atoms with Gasteiger partial charge in [-0.1, -0.05) is 19.1 Å². The molecule has 0 atom stereocenters. The standard InChI is InChI=1S/C12H13N/c1-3-10-5-4-9(2)12-8-13-7-6-11(10)12/h4-8H,3H2,1-2H3. The van der Waals surface area contributed by atoms with Crippen LogP contribution in [0.4, 0.5) is 0 Å². The third-order valence-corrected chi connectivity index (χ3v) is 2.51. The number of aromatic nitrogens is 1. The lowest BCUT2D eigenvalue weighted by atomic mass is 10.0. The van der Waals surface area contributed by atoms with Gasteiger partial charge in [0.2, 0.25) is 0 Å². The molecular formula is C12H13N. The van der Waals surface area contributed by atoms with Gasteiger partial charge in [0.1, 0.15) is 0 Å². The minimum absolute atomic E-state index is 1.08. The first-order valence-electron chi connectivity index (χ1n) is 4.65. The predicted octanol–water partition coefficient (Wildman–Crippen LogP) is 3.11. The van der Waals surface area contributed by atoms with Gasteiger partial charge in [-0.15, -0.1) is 0 Å². The highest BCUT2D eigenvalue weighted by Crippen LogP contribution is 2.21. The summed E-state index contributed by atoms with van der Waals surface area (Å²) in [5.74, 6) is 0. The van der Waals surface area contributed by atoms with E-state index in [1.165, 1.54) is 21.9 Å². The van der Waals surface area contributed by atoms with Crippen molar-refractivity contribution in [3.63, 3.8) is 0 Å². The number of hydrogen-bond acceptors (Lipinski definition) is 1. The molecule has 0 fully saturated rings. The van der Waals surface area contributed by atoms with Crippen molar-refractivity contribution >= 4 is 10.8 Å². The van der Waals surface area contributed by atoms with E-state index in [9.17, 15) is 0 Å². The average molecular weight is 171 g/mol. The lowest BCUT2D eigenvalue weighted by Gasteiger charge is -2.05. The van der Waals surface area contributed by atoms with Gasteiger partial charge in [-0.25, -0.2) is 0 Å². The molecule has 0 aliphatic heterocycles. The van der Waals surface area contributed by atoms with Crippen LogP contribution in [-0.4, -0.2) is 4.98 Å². The lowest BCUT2D eigenvalue weighted by Crippen LogP contribution is -1.86. The van der Waals surface area contributed by atoms with Crippen LogP contribution >= 0.6 is 0 Å². The zero-order valence-electron chi connectivity index (χ0n) is 8.04. The summed E-state index contributed by atoms with van der Waals surface area (Å²) < 4.78 is 0. The van der Waals surface area contributed by atoms with Gasteiger partial charge in [0.25, 0.3) is 0 Å². The van der Waals surface area contributed by atoms with Crippen molar-refractivity contribution in [2.24, 2.45) is 0 Å². The smallest absolute Gasteiger partial charge is 0.0349 e. The maximum absolute atomic E-state index is 4.15. The van der Waals surface area contributed by atoms with Crippen LogP contribution in [0, 0.1) is 6.92 Å². The fourth-order valence-electron chi connectivity index (χ4n) is 1.70. The molecule has 0 saturated heterocycles. The highest BCUT2D eigenvalue weighted by atomic mass is 14.6. The monoisotopic (exact) mass is 171 g/mol. The Morgan fingerprint density at radius 3 is 2.77 bits per heavy atom. The van der Waals surface area contributed by atoms with Crippen molar-refractivity contribution in [2.45, 2.75) is 20.3 Å².